The molecule has 2 fully saturated rings. The van der Waals surface area contributed by atoms with Gasteiger partial charge in [-0.1, -0.05) is 31.4 Å². The highest BCUT2D eigenvalue weighted by Crippen LogP contribution is 2.24. The Morgan fingerprint density at radius 3 is 2.37 bits per heavy atom. The van der Waals surface area contributed by atoms with Gasteiger partial charge in [-0.15, -0.1) is 0 Å². The van der Waals surface area contributed by atoms with Gasteiger partial charge in [0.15, 0.2) is 0 Å². The second kappa shape index (κ2) is 8.90. The summed E-state index contributed by atoms with van der Waals surface area (Å²) in [7, 11) is -3.51. The van der Waals surface area contributed by atoms with Gasteiger partial charge >= 0.3 is 0 Å². The number of hydrogen-bond acceptors (Lipinski definition) is 4. The Morgan fingerprint density at radius 2 is 1.74 bits per heavy atom. The van der Waals surface area contributed by atoms with Gasteiger partial charge in [-0.25, -0.2) is 8.42 Å². The van der Waals surface area contributed by atoms with Crippen LogP contribution in [0.15, 0.2) is 29.2 Å². The summed E-state index contributed by atoms with van der Waals surface area (Å²) in [5.74, 6) is 0.576. The van der Waals surface area contributed by atoms with E-state index in [0.29, 0.717) is 43.7 Å². The van der Waals surface area contributed by atoms with E-state index < -0.39 is 10.0 Å². The average molecular weight is 414 g/mol. The molecule has 1 saturated carbocycles. The zero-order valence-electron chi connectivity index (χ0n) is 15.7. The van der Waals surface area contributed by atoms with Crippen molar-refractivity contribution < 1.29 is 13.2 Å². The first-order valence-electron chi connectivity index (χ1n) is 9.64. The number of sulfonamides is 1. The van der Waals surface area contributed by atoms with Gasteiger partial charge in [-0.2, -0.15) is 4.31 Å². The molecule has 27 heavy (non-hydrogen) atoms. The third-order valence-corrected chi connectivity index (χ3v) is 7.77. The predicted octanol–water partition coefficient (Wildman–Crippen LogP) is 2.34. The fraction of sp³-hybridized carbons (Fsp3) is 0.632. The number of carbonyl (C=O) groups is 1. The van der Waals surface area contributed by atoms with Crippen molar-refractivity contribution in [2.24, 2.45) is 5.92 Å². The van der Waals surface area contributed by atoms with Crippen LogP contribution in [0, 0.1) is 5.92 Å². The van der Waals surface area contributed by atoms with Crippen LogP contribution in [0.4, 0.5) is 0 Å². The molecule has 0 radical (unpaired) electrons. The number of nitrogens with one attached hydrogen (secondary N) is 1. The number of nitrogens with zero attached hydrogens (tertiary/aromatic N) is 2. The van der Waals surface area contributed by atoms with Gasteiger partial charge in [0.1, 0.15) is 0 Å². The first kappa shape index (κ1) is 20.6. The predicted molar refractivity (Wildman–Crippen MR) is 106 cm³/mol. The summed E-state index contributed by atoms with van der Waals surface area (Å²) in [6.07, 6.45) is 4.65. The molecule has 1 aromatic carbocycles. The molecule has 1 saturated heterocycles. The van der Waals surface area contributed by atoms with Crippen LogP contribution in [0.3, 0.4) is 0 Å². The third-order valence-electron chi connectivity index (χ3n) is 5.61. The van der Waals surface area contributed by atoms with Gasteiger partial charge in [0.05, 0.1) is 11.4 Å². The highest BCUT2D eigenvalue weighted by molar-refractivity contribution is 7.89. The molecule has 0 bridgehead atoms. The molecule has 0 unspecified atom stereocenters. The van der Waals surface area contributed by atoms with E-state index in [1.807, 2.05) is 4.90 Å². The highest BCUT2D eigenvalue weighted by atomic mass is 35.5. The van der Waals surface area contributed by atoms with E-state index in [4.69, 9.17) is 11.6 Å². The first-order chi connectivity index (χ1) is 12.9. The second-order valence-corrected chi connectivity index (χ2v) is 9.94. The quantitative estimate of drug-likeness (QED) is 0.804. The molecule has 1 N–H and O–H groups in total. The Hall–Kier alpha value is -1.15. The van der Waals surface area contributed by atoms with Crippen molar-refractivity contribution >= 4 is 27.5 Å². The summed E-state index contributed by atoms with van der Waals surface area (Å²) in [5, 5.41) is 3.67. The minimum Gasteiger partial charge on any atom is -0.352 e. The number of amides is 1. The van der Waals surface area contributed by atoms with Gasteiger partial charge in [0.2, 0.25) is 15.9 Å². The summed E-state index contributed by atoms with van der Waals surface area (Å²) in [4.78, 5) is 14.6. The number of halogens is 1. The molecule has 150 valence electrons. The number of hydrogen-bond donors (Lipinski definition) is 1. The Kier molecular flexibility index (Phi) is 6.78. The molecule has 2 atom stereocenters. The van der Waals surface area contributed by atoms with Crippen LogP contribution in [0.1, 0.15) is 32.6 Å². The summed E-state index contributed by atoms with van der Waals surface area (Å²) in [5.41, 5.74) is 0. The average Bonchev–Trinajstić information content (AvgIpc) is 2.64. The lowest BCUT2D eigenvalue weighted by molar-refractivity contribution is -0.123. The Balaban J connectivity index is 1.49. The number of carbonyl (C=O) groups excluding carboxylic acids is 1. The Labute approximate surface area is 166 Å². The van der Waals surface area contributed by atoms with E-state index in [2.05, 4.69) is 12.2 Å². The second-order valence-electron chi connectivity index (χ2n) is 7.57. The van der Waals surface area contributed by atoms with Crippen LogP contribution in [0.25, 0.3) is 0 Å². The van der Waals surface area contributed by atoms with E-state index in [1.54, 1.807) is 12.1 Å². The van der Waals surface area contributed by atoms with Crippen molar-refractivity contribution in [3.8, 4) is 0 Å². The monoisotopic (exact) mass is 413 g/mol. The van der Waals surface area contributed by atoms with Crippen LogP contribution < -0.4 is 5.32 Å². The molecular weight excluding hydrogens is 386 g/mol. The van der Waals surface area contributed by atoms with E-state index in [1.165, 1.54) is 35.7 Å². The topological polar surface area (TPSA) is 69.7 Å². The van der Waals surface area contributed by atoms with Crippen LogP contribution in [-0.4, -0.2) is 62.3 Å². The number of piperazine rings is 1. The van der Waals surface area contributed by atoms with Crippen molar-refractivity contribution in [2.45, 2.75) is 43.5 Å². The van der Waals surface area contributed by atoms with Crippen LogP contribution in [0.2, 0.25) is 5.02 Å². The van der Waals surface area contributed by atoms with E-state index in [9.17, 15) is 13.2 Å². The number of rotatable bonds is 5. The molecule has 0 spiro atoms. The van der Waals surface area contributed by atoms with Crippen molar-refractivity contribution in [1.82, 2.24) is 14.5 Å². The van der Waals surface area contributed by atoms with E-state index >= 15 is 0 Å². The minimum atomic E-state index is -3.51. The number of benzene rings is 1. The molecule has 1 aliphatic heterocycles. The Morgan fingerprint density at radius 1 is 1.11 bits per heavy atom. The maximum Gasteiger partial charge on any atom is 0.243 e. The van der Waals surface area contributed by atoms with Gasteiger partial charge in [0.25, 0.3) is 0 Å². The van der Waals surface area contributed by atoms with Gasteiger partial charge in [0, 0.05) is 37.2 Å². The maximum absolute atomic E-state index is 12.7. The lowest BCUT2D eigenvalue weighted by Crippen LogP contribution is -2.52. The molecule has 1 aliphatic carbocycles. The molecule has 3 rings (SSSR count). The first-order valence-corrected chi connectivity index (χ1v) is 11.5. The third kappa shape index (κ3) is 5.22. The van der Waals surface area contributed by atoms with Crippen LogP contribution >= 0.6 is 11.6 Å². The van der Waals surface area contributed by atoms with Crippen molar-refractivity contribution in [3.05, 3.63) is 29.3 Å². The Bertz CT molecular complexity index is 746. The fourth-order valence-electron chi connectivity index (χ4n) is 3.87. The zero-order chi connectivity index (χ0) is 19.4. The van der Waals surface area contributed by atoms with E-state index in [-0.39, 0.29) is 16.8 Å². The molecule has 8 heteroatoms. The molecule has 6 nitrogen and oxygen atoms in total. The van der Waals surface area contributed by atoms with Crippen molar-refractivity contribution in [1.29, 1.82) is 0 Å². The van der Waals surface area contributed by atoms with E-state index in [0.717, 1.165) is 6.42 Å². The summed E-state index contributed by atoms with van der Waals surface area (Å²) in [6.45, 7) is 4.42. The van der Waals surface area contributed by atoms with Crippen LogP contribution in [0.5, 0.6) is 0 Å². The van der Waals surface area contributed by atoms with Crippen molar-refractivity contribution in [3.63, 3.8) is 0 Å². The van der Waals surface area contributed by atoms with Crippen molar-refractivity contribution in [2.75, 3.05) is 32.7 Å². The zero-order valence-corrected chi connectivity index (χ0v) is 17.3. The highest BCUT2D eigenvalue weighted by Gasteiger charge is 2.30. The summed E-state index contributed by atoms with van der Waals surface area (Å²) in [6, 6.07) is 6.51. The lowest BCUT2D eigenvalue weighted by atomic mass is 9.86. The lowest BCUT2D eigenvalue weighted by Gasteiger charge is -2.34. The fourth-order valence-corrected chi connectivity index (χ4v) is 5.42. The SMILES string of the molecule is C[C@@H]1CCCC[C@@H]1NC(=O)CN1CCN(S(=O)(=O)c2ccc(Cl)cc2)CC1. The summed E-state index contributed by atoms with van der Waals surface area (Å²) >= 11 is 5.84. The van der Waals surface area contributed by atoms with Gasteiger partial charge < -0.3 is 5.32 Å². The smallest absolute Gasteiger partial charge is 0.243 e. The molecule has 1 heterocycles. The normalized spacial score (nSPS) is 25.3. The maximum atomic E-state index is 12.7. The van der Waals surface area contributed by atoms with Gasteiger partial charge in [-0.3, -0.25) is 9.69 Å². The minimum absolute atomic E-state index is 0.0442. The molecule has 2 aliphatic rings. The standard InChI is InChI=1S/C19H28ClN3O3S/c1-15-4-2-3-5-18(15)21-19(24)14-22-10-12-23(13-11-22)27(25,26)17-8-6-16(20)7-9-17/h6-9,15,18H,2-5,10-14H2,1H3,(H,21,24)/t15-,18+/m1/s1. The van der Waals surface area contributed by atoms with Crippen LogP contribution in [-0.2, 0) is 14.8 Å². The molecule has 1 amide bonds. The molecule has 1 aromatic rings. The summed E-state index contributed by atoms with van der Waals surface area (Å²) < 4.78 is 26.9. The molecular formula is C19H28ClN3O3S. The molecule has 0 aromatic heterocycles. The van der Waals surface area contributed by atoms with Gasteiger partial charge in [-0.05, 0) is 43.0 Å². The largest absolute Gasteiger partial charge is 0.352 e.